The topological polar surface area (TPSA) is 73.3 Å². The van der Waals surface area contributed by atoms with Crippen LogP contribution in [0.4, 0.5) is 0 Å². The highest BCUT2D eigenvalue weighted by Gasteiger charge is 2.15. The van der Waals surface area contributed by atoms with Gasteiger partial charge >= 0.3 is 11.3 Å². The molecule has 0 N–H and O–H groups in total. The number of hydrogen-bond acceptors (Lipinski definition) is 6. The van der Waals surface area contributed by atoms with Gasteiger partial charge < -0.3 is 8.83 Å². The second kappa shape index (κ2) is 6.54. The zero-order valence-electron chi connectivity index (χ0n) is 14.1. The van der Waals surface area contributed by atoms with E-state index in [1.165, 1.54) is 11.3 Å². The van der Waals surface area contributed by atoms with Crippen LogP contribution in [0.1, 0.15) is 0 Å². The zero-order valence-corrected chi connectivity index (χ0v) is 16.5. The van der Waals surface area contributed by atoms with E-state index in [1.54, 1.807) is 35.7 Å². The number of halogens is 1. The van der Waals surface area contributed by atoms with E-state index >= 15 is 0 Å². The number of rotatable bonds is 2. The van der Waals surface area contributed by atoms with Crippen molar-refractivity contribution in [2.24, 2.45) is 0 Å². The summed E-state index contributed by atoms with van der Waals surface area (Å²) < 4.78 is 11.7. The van der Waals surface area contributed by atoms with Crippen molar-refractivity contribution in [2.45, 2.75) is 0 Å². The first-order valence-electron chi connectivity index (χ1n) is 8.31. The second-order valence-electron chi connectivity index (χ2n) is 6.15. The van der Waals surface area contributed by atoms with Crippen LogP contribution in [-0.4, -0.2) is 4.98 Å². The lowest BCUT2D eigenvalue weighted by Gasteiger charge is -2.01. The number of hydrogen-bond donors (Lipinski definition) is 0. The van der Waals surface area contributed by atoms with Crippen LogP contribution in [0.5, 0.6) is 0 Å². The summed E-state index contributed by atoms with van der Waals surface area (Å²) >= 11 is 4.71. The number of aromatic nitrogens is 1. The Hall–Kier alpha value is -3.03. The monoisotopic (exact) mass is 451 g/mol. The first kappa shape index (κ1) is 17.1. The van der Waals surface area contributed by atoms with Crippen LogP contribution in [0, 0.1) is 0 Å². The van der Waals surface area contributed by atoms with Gasteiger partial charge in [-0.15, -0.1) is 11.3 Å². The van der Waals surface area contributed by atoms with Gasteiger partial charge in [-0.2, -0.15) is 0 Å². The van der Waals surface area contributed by atoms with E-state index in [0.29, 0.717) is 33.0 Å². The second-order valence-corrected chi connectivity index (χ2v) is 7.93. The maximum Gasteiger partial charge on any atom is 0.346 e. The minimum absolute atomic E-state index is 0.360. The Kier molecular flexibility index (Phi) is 3.99. The molecule has 0 aliphatic heterocycles. The molecule has 0 radical (unpaired) electrons. The Balaban J connectivity index is 1.64. The van der Waals surface area contributed by atoms with Gasteiger partial charge in [0.2, 0.25) is 0 Å². The highest BCUT2D eigenvalue weighted by atomic mass is 79.9. The molecule has 2 aromatic carbocycles. The van der Waals surface area contributed by atoms with Crippen LogP contribution < -0.4 is 11.3 Å². The first-order valence-corrected chi connectivity index (χ1v) is 9.98. The number of nitrogens with zero attached hydrogens (tertiary/aromatic N) is 1. The summed E-state index contributed by atoms with van der Waals surface area (Å²) in [6.45, 7) is 0. The fraction of sp³-hybridized carbons (Fsp3) is 0. The number of thiazole rings is 1. The van der Waals surface area contributed by atoms with Gasteiger partial charge in [-0.05, 0) is 41.8 Å². The number of fused-ring (bicyclic) bond motifs is 2. The van der Waals surface area contributed by atoms with Crippen LogP contribution >= 0.6 is 27.3 Å². The van der Waals surface area contributed by atoms with Crippen LogP contribution in [0.2, 0.25) is 0 Å². The van der Waals surface area contributed by atoms with E-state index in [1.807, 2.05) is 24.3 Å². The maximum atomic E-state index is 12.4. The molecule has 0 spiro atoms. The molecule has 5 aromatic rings. The van der Waals surface area contributed by atoms with Crippen molar-refractivity contribution in [3.63, 3.8) is 0 Å². The smallest absolute Gasteiger partial charge is 0.346 e. The molecule has 5 nitrogen and oxygen atoms in total. The van der Waals surface area contributed by atoms with Crippen LogP contribution in [-0.2, 0) is 0 Å². The van der Waals surface area contributed by atoms with Gasteiger partial charge in [-0.25, -0.2) is 14.6 Å². The average Bonchev–Trinajstić information content (AvgIpc) is 3.18. The summed E-state index contributed by atoms with van der Waals surface area (Å²) in [6, 6.07) is 16.2. The molecule has 3 aromatic heterocycles. The van der Waals surface area contributed by atoms with Crippen molar-refractivity contribution in [2.75, 3.05) is 0 Å². The fourth-order valence-corrected chi connectivity index (χ4v) is 4.21. The van der Waals surface area contributed by atoms with Gasteiger partial charge in [0.1, 0.15) is 16.3 Å². The predicted molar refractivity (Wildman–Crippen MR) is 113 cm³/mol. The van der Waals surface area contributed by atoms with Gasteiger partial charge in [0, 0.05) is 15.2 Å². The van der Waals surface area contributed by atoms with Crippen LogP contribution in [0.25, 0.3) is 43.8 Å². The number of benzene rings is 2. The van der Waals surface area contributed by atoms with Crippen molar-refractivity contribution in [3.8, 4) is 22.0 Å². The standard InChI is InChI=1S/C21H10BrNO4S/c22-13-5-6-17-12(7-13)8-15(21(25)26-17)19-23-16(10-28-19)18-9-11-3-1-2-4-14(11)20(24)27-18/h1-10H. The highest BCUT2D eigenvalue weighted by Crippen LogP contribution is 2.30. The van der Waals surface area contributed by atoms with Gasteiger partial charge in [0.05, 0.1) is 10.9 Å². The van der Waals surface area contributed by atoms with Crippen molar-refractivity contribution in [1.82, 2.24) is 4.98 Å². The largest absolute Gasteiger partial charge is 0.422 e. The van der Waals surface area contributed by atoms with E-state index in [4.69, 9.17) is 8.83 Å². The Morgan fingerprint density at radius 3 is 2.64 bits per heavy atom. The Labute approximate surface area is 170 Å². The molecular weight excluding hydrogens is 442 g/mol. The van der Waals surface area contributed by atoms with Gasteiger partial charge in [0.15, 0.2) is 5.76 Å². The minimum atomic E-state index is -0.462. The third-order valence-electron chi connectivity index (χ3n) is 4.35. The molecule has 0 bridgehead atoms. The van der Waals surface area contributed by atoms with Crippen molar-refractivity contribution in [1.29, 1.82) is 0 Å². The summed E-state index contributed by atoms with van der Waals surface area (Å²) in [5.41, 5.74) is 0.490. The molecule has 28 heavy (non-hydrogen) atoms. The molecular formula is C21H10BrNO4S. The van der Waals surface area contributed by atoms with Gasteiger partial charge in [-0.1, -0.05) is 34.1 Å². The van der Waals surface area contributed by atoms with E-state index in [0.717, 1.165) is 15.2 Å². The molecule has 0 aliphatic rings. The molecule has 0 aliphatic carbocycles. The van der Waals surface area contributed by atoms with Crippen molar-refractivity contribution in [3.05, 3.63) is 85.3 Å². The Bertz CT molecular complexity index is 1480. The minimum Gasteiger partial charge on any atom is -0.422 e. The molecule has 136 valence electrons. The van der Waals surface area contributed by atoms with E-state index in [9.17, 15) is 9.59 Å². The normalized spacial score (nSPS) is 11.3. The van der Waals surface area contributed by atoms with E-state index in [2.05, 4.69) is 20.9 Å². The quantitative estimate of drug-likeness (QED) is 0.333. The molecule has 5 rings (SSSR count). The zero-order chi connectivity index (χ0) is 19.3. The molecule has 7 heteroatoms. The summed E-state index contributed by atoms with van der Waals surface area (Å²) in [6.07, 6.45) is 0. The molecule has 0 atom stereocenters. The van der Waals surface area contributed by atoms with Crippen LogP contribution in [0.15, 0.2) is 82.9 Å². The molecule has 0 amide bonds. The van der Waals surface area contributed by atoms with Crippen LogP contribution in [0.3, 0.4) is 0 Å². The first-order chi connectivity index (χ1) is 13.6. The average molecular weight is 452 g/mol. The Morgan fingerprint density at radius 1 is 0.893 bits per heavy atom. The highest BCUT2D eigenvalue weighted by molar-refractivity contribution is 9.10. The van der Waals surface area contributed by atoms with Gasteiger partial charge in [-0.3, -0.25) is 0 Å². The van der Waals surface area contributed by atoms with Gasteiger partial charge in [0.25, 0.3) is 0 Å². The predicted octanol–water partition coefficient (Wildman–Crippen LogP) is 5.45. The summed E-state index contributed by atoms with van der Waals surface area (Å²) in [5, 5.41) is 4.34. The van der Waals surface area contributed by atoms with E-state index in [-0.39, 0.29) is 0 Å². The lowest BCUT2D eigenvalue weighted by Crippen LogP contribution is -2.02. The van der Waals surface area contributed by atoms with Crippen molar-refractivity contribution < 1.29 is 8.83 Å². The maximum absolute atomic E-state index is 12.4. The molecule has 0 fully saturated rings. The lowest BCUT2D eigenvalue weighted by atomic mass is 10.1. The summed E-state index contributed by atoms with van der Waals surface area (Å²) in [4.78, 5) is 29.1. The SMILES string of the molecule is O=c1oc2ccc(Br)cc2cc1-c1nc(-c2cc3ccccc3c(=O)o2)cs1. The molecule has 3 heterocycles. The third-order valence-corrected chi connectivity index (χ3v) is 5.72. The molecule has 0 saturated carbocycles. The summed E-state index contributed by atoms with van der Waals surface area (Å²) in [7, 11) is 0. The molecule has 0 saturated heterocycles. The third kappa shape index (κ3) is 2.89. The fourth-order valence-electron chi connectivity index (χ4n) is 3.01. The lowest BCUT2D eigenvalue weighted by molar-refractivity contribution is 0.533. The Morgan fingerprint density at radius 2 is 1.75 bits per heavy atom. The molecule has 0 unspecified atom stereocenters. The van der Waals surface area contributed by atoms with E-state index < -0.39 is 11.3 Å². The van der Waals surface area contributed by atoms with Crippen molar-refractivity contribution >= 4 is 49.0 Å². The summed E-state index contributed by atoms with van der Waals surface area (Å²) in [5.74, 6) is 0.360.